The second-order valence-electron chi connectivity index (χ2n) is 6.06. The third-order valence-corrected chi connectivity index (χ3v) is 5.26. The summed E-state index contributed by atoms with van der Waals surface area (Å²) in [6, 6.07) is 21.5. The van der Waals surface area contributed by atoms with Crippen LogP contribution in [0.25, 0.3) is 0 Å². The van der Waals surface area contributed by atoms with Crippen molar-refractivity contribution in [3.63, 3.8) is 0 Å². The molecule has 6 heteroatoms. The van der Waals surface area contributed by atoms with Gasteiger partial charge in [0, 0.05) is 12.2 Å². The van der Waals surface area contributed by atoms with Gasteiger partial charge >= 0.3 is 10.1 Å². The van der Waals surface area contributed by atoms with E-state index >= 15 is 0 Å². The van der Waals surface area contributed by atoms with E-state index in [1.807, 2.05) is 37.3 Å². The fourth-order valence-electron chi connectivity index (χ4n) is 2.52. The van der Waals surface area contributed by atoms with Gasteiger partial charge in [-0.3, -0.25) is 0 Å². The van der Waals surface area contributed by atoms with Crippen LogP contribution in [-0.4, -0.2) is 15.5 Å². The monoisotopic (exact) mass is 383 g/mol. The zero-order valence-electron chi connectivity index (χ0n) is 15.2. The fraction of sp³-hybridized carbons (Fsp3) is 0.143. The number of ether oxygens (including phenoxy) is 1. The number of aryl methyl sites for hydroxylation is 1. The molecule has 0 amide bonds. The smallest absolute Gasteiger partial charge is 0.339 e. The van der Waals surface area contributed by atoms with Gasteiger partial charge in [-0.05, 0) is 48.9 Å². The summed E-state index contributed by atoms with van der Waals surface area (Å²) < 4.78 is 35.6. The van der Waals surface area contributed by atoms with Crippen LogP contribution in [0.5, 0.6) is 11.5 Å². The van der Waals surface area contributed by atoms with Gasteiger partial charge in [0.15, 0.2) is 11.5 Å². The Kier molecular flexibility index (Phi) is 5.66. The highest BCUT2D eigenvalue weighted by molar-refractivity contribution is 7.87. The van der Waals surface area contributed by atoms with E-state index in [4.69, 9.17) is 8.92 Å². The van der Waals surface area contributed by atoms with Gasteiger partial charge in [-0.1, -0.05) is 42.0 Å². The van der Waals surface area contributed by atoms with Crippen LogP contribution >= 0.6 is 0 Å². The summed E-state index contributed by atoms with van der Waals surface area (Å²) in [4.78, 5) is 0.102. The topological polar surface area (TPSA) is 64.6 Å². The van der Waals surface area contributed by atoms with E-state index in [-0.39, 0.29) is 10.6 Å². The van der Waals surface area contributed by atoms with Gasteiger partial charge in [0.25, 0.3) is 0 Å². The lowest BCUT2D eigenvalue weighted by Crippen LogP contribution is -2.10. The minimum absolute atomic E-state index is 0.102. The number of benzene rings is 3. The Bertz CT molecular complexity index is 1000. The van der Waals surface area contributed by atoms with Gasteiger partial charge in [0.2, 0.25) is 0 Å². The van der Waals surface area contributed by atoms with E-state index in [0.717, 1.165) is 16.8 Å². The van der Waals surface area contributed by atoms with Gasteiger partial charge < -0.3 is 14.2 Å². The first-order valence-electron chi connectivity index (χ1n) is 8.45. The minimum Gasteiger partial charge on any atom is -0.493 e. The molecule has 0 saturated heterocycles. The van der Waals surface area contributed by atoms with Gasteiger partial charge in [-0.15, -0.1) is 0 Å². The molecule has 3 aromatic carbocycles. The highest BCUT2D eigenvalue weighted by Crippen LogP contribution is 2.31. The molecule has 1 N–H and O–H groups in total. The Balaban J connectivity index is 1.77. The molecular formula is C21H21NO4S. The van der Waals surface area contributed by atoms with E-state index in [1.165, 1.54) is 19.2 Å². The second kappa shape index (κ2) is 8.14. The van der Waals surface area contributed by atoms with Crippen LogP contribution < -0.4 is 14.2 Å². The first-order chi connectivity index (χ1) is 13.0. The Hall–Kier alpha value is -2.99. The van der Waals surface area contributed by atoms with Crippen molar-refractivity contribution in [2.24, 2.45) is 0 Å². The number of rotatable bonds is 7. The van der Waals surface area contributed by atoms with Crippen LogP contribution in [0.1, 0.15) is 11.1 Å². The molecule has 0 unspecified atom stereocenters. The molecule has 140 valence electrons. The average molecular weight is 383 g/mol. The van der Waals surface area contributed by atoms with Crippen molar-refractivity contribution in [1.29, 1.82) is 0 Å². The standard InChI is InChI=1S/C21H21NO4S/c1-16-8-11-19(12-9-16)27(23,24)26-20-13-10-17(14-21(20)25-2)15-22-18-6-4-3-5-7-18/h3-14,22H,15H2,1-2H3. The molecule has 3 rings (SSSR count). The average Bonchev–Trinajstić information content (AvgIpc) is 2.68. The molecule has 0 aliphatic carbocycles. The van der Waals surface area contributed by atoms with E-state index in [0.29, 0.717) is 12.3 Å². The second-order valence-corrected chi connectivity index (χ2v) is 7.60. The maximum absolute atomic E-state index is 12.5. The zero-order valence-corrected chi connectivity index (χ0v) is 16.0. The van der Waals surface area contributed by atoms with Crippen LogP contribution in [0.4, 0.5) is 5.69 Å². The summed E-state index contributed by atoms with van der Waals surface area (Å²) in [5, 5.41) is 3.30. The zero-order chi connectivity index (χ0) is 19.3. The molecule has 0 aromatic heterocycles. The van der Waals surface area contributed by atoms with E-state index in [1.54, 1.807) is 30.3 Å². The van der Waals surface area contributed by atoms with Crippen LogP contribution in [0.2, 0.25) is 0 Å². The number of nitrogens with one attached hydrogen (secondary N) is 1. The lowest BCUT2D eigenvalue weighted by molar-refractivity contribution is 0.390. The molecule has 0 saturated carbocycles. The predicted octanol–water partition coefficient (Wildman–Crippen LogP) is 4.38. The molecule has 0 heterocycles. The lowest BCUT2D eigenvalue weighted by Gasteiger charge is -2.13. The lowest BCUT2D eigenvalue weighted by atomic mass is 10.2. The molecule has 5 nitrogen and oxygen atoms in total. The Morgan fingerprint density at radius 3 is 2.26 bits per heavy atom. The van der Waals surface area contributed by atoms with Gasteiger partial charge in [0.05, 0.1) is 7.11 Å². The molecule has 0 aliphatic heterocycles. The molecule has 27 heavy (non-hydrogen) atoms. The first-order valence-corrected chi connectivity index (χ1v) is 9.86. The van der Waals surface area contributed by atoms with Crippen LogP contribution in [0.15, 0.2) is 77.7 Å². The fourth-order valence-corrected chi connectivity index (χ4v) is 3.46. The van der Waals surface area contributed by atoms with Gasteiger partial charge in [0.1, 0.15) is 4.90 Å². The molecule has 0 atom stereocenters. The summed E-state index contributed by atoms with van der Waals surface area (Å²) in [5.41, 5.74) is 2.91. The molecule has 0 spiro atoms. The number of anilines is 1. The van der Waals surface area contributed by atoms with Gasteiger partial charge in [-0.25, -0.2) is 0 Å². The SMILES string of the molecule is COc1cc(CNc2ccccc2)ccc1OS(=O)(=O)c1ccc(C)cc1. The summed E-state index contributed by atoms with van der Waals surface area (Å²) in [5.74, 6) is 0.514. The van der Waals surface area contributed by atoms with Crippen molar-refractivity contribution in [2.45, 2.75) is 18.4 Å². The number of hydrogen-bond acceptors (Lipinski definition) is 5. The first kappa shape index (κ1) is 18.8. The highest BCUT2D eigenvalue weighted by atomic mass is 32.2. The van der Waals surface area contributed by atoms with Gasteiger partial charge in [-0.2, -0.15) is 8.42 Å². The summed E-state index contributed by atoms with van der Waals surface area (Å²) in [6.45, 7) is 2.47. The largest absolute Gasteiger partial charge is 0.493 e. The third-order valence-electron chi connectivity index (χ3n) is 4.01. The third kappa shape index (κ3) is 4.80. The molecular weight excluding hydrogens is 362 g/mol. The molecule has 0 bridgehead atoms. The molecule has 0 radical (unpaired) electrons. The van der Waals surface area contributed by atoms with Crippen molar-refractivity contribution in [2.75, 3.05) is 12.4 Å². The van der Waals surface area contributed by atoms with Crippen molar-refractivity contribution in [1.82, 2.24) is 0 Å². The summed E-state index contributed by atoms with van der Waals surface area (Å²) in [6.07, 6.45) is 0. The summed E-state index contributed by atoms with van der Waals surface area (Å²) in [7, 11) is -2.45. The quantitative estimate of drug-likeness (QED) is 0.613. The highest BCUT2D eigenvalue weighted by Gasteiger charge is 2.19. The maximum atomic E-state index is 12.5. The van der Waals surface area contributed by atoms with Crippen LogP contribution in [0.3, 0.4) is 0 Å². The molecule has 3 aromatic rings. The Morgan fingerprint density at radius 1 is 0.889 bits per heavy atom. The maximum Gasteiger partial charge on any atom is 0.339 e. The Labute approximate surface area is 159 Å². The van der Waals surface area contributed by atoms with Crippen molar-refractivity contribution in [3.05, 3.63) is 83.9 Å². The van der Waals surface area contributed by atoms with Crippen molar-refractivity contribution in [3.8, 4) is 11.5 Å². The minimum atomic E-state index is -3.93. The summed E-state index contributed by atoms with van der Waals surface area (Å²) >= 11 is 0. The molecule has 0 aliphatic rings. The van der Waals surface area contributed by atoms with Crippen LogP contribution in [-0.2, 0) is 16.7 Å². The van der Waals surface area contributed by atoms with E-state index in [2.05, 4.69) is 5.32 Å². The van der Waals surface area contributed by atoms with Crippen LogP contribution in [0, 0.1) is 6.92 Å². The number of hydrogen-bond donors (Lipinski definition) is 1. The van der Waals surface area contributed by atoms with E-state index in [9.17, 15) is 8.42 Å². The normalized spacial score (nSPS) is 11.0. The van der Waals surface area contributed by atoms with Crippen molar-refractivity contribution < 1.29 is 17.3 Å². The van der Waals surface area contributed by atoms with E-state index < -0.39 is 10.1 Å². The number of para-hydroxylation sites is 1. The predicted molar refractivity (Wildman–Crippen MR) is 106 cm³/mol. The number of methoxy groups -OCH3 is 1. The van der Waals surface area contributed by atoms with Crippen molar-refractivity contribution >= 4 is 15.8 Å². The Morgan fingerprint density at radius 2 is 1.59 bits per heavy atom. The molecule has 0 fully saturated rings.